The van der Waals surface area contributed by atoms with E-state index < -0.39 is 0 Å². The quantitative estimate of drug-likeness (QED) is 0.624. The molecule has 4 nitrogen and oxygen atoms in total. The van der Waals surface area contributed by atoms with Gasteiger partial charge in [0.15, 0.2) is 10.9 Å². The van der Waals surface area contributed by atoms with Gasteiger partial charge in [0.1, 0.15) is 5.69 Å². The number of carbonyl (C=O) groups is 1. The fourth-order valence-corrected chi connectivity index (χ4v) is 2.37. The van der Waals surface area contributed by atoms with E-state index in [1.54, 1.807) is 11.6 Å². The molecule has 0 N–H and O–H groups in total. The number of ketones is 1. The summed E-state index contributed by atoms with van der Waals surface area (Å²) in [6.45, 7) is 0.656. The van der Waals surface area contributed by atoms with Gasteiger partial charge < -0.3 is 4.90 Å². The molecule has 2 heterocycles. The van der Waals surface area contributed by atoms with Gasteiger partial charge in [0, 0.05) is 18.6 Å². The van der Waals surface area contributed by atoms with Crippen molar-refractivity contribution in [2.75, 3.05) is 17.8 Å². The minimum Gasteiger partial charge on any atom is -0.345 e. The Kier molecular flexibility index (Phi) is 4.28. The Morgan fingerprint density at radius 1 is 1.50 bits per heavy atom. The van der Waals surface area contributed by atoms with E-state index in [0.29, 0.717) is 12.2 Å². The van der Waals surface area contributed by atoms with Crippen LogP contribution in [-0.4, -0.2) is 28.7 Å². The molecule has 0 aromatic carbocycles. The number of hydrogen-bond donors (Lipinski definition) is 0. The van der Waals surface area contributed by atoms with Crippen LogP contribution in [0.4, 0.5) is 5.13 Å². The molecule has 2 aromatic heterocycles. The summed E-state index contributed by atoms with van der Waals surface area (Å²) in [6, 6.07) is 5.78. The molecular weight excluding hydrogens is 270 g/mol. The Balaban J connectivity index is 2.07. The zero-order valence-corrected chi connectivity index (χ0v) is 11.4. The Morgan fingerprint density at radius 2 is 2.33 bits per heavy atom. The second-order valence-corrected chi connectivity index (χ2v) is 4.85. The maximum absolute atomic E-state index is 11.4. The Hall–Kier alpha value is -1.46. The molecule has 0 aliphatic carbocycles. The number of nitrogens with zero attached hydrogens (tertiary/aromatic N) is 3. The predicted octanol–water partition coefficient (Wildman–Crippen LogP) is 2.60. The van der Waals surface area contributed by atoms with Crippen LogP contribution in [-0.2, 0) is 6.54 Å². The number of pyridine rings is 1. The largest absolute Gasteiger partial charge is 0.345 e. The van der Waals surface area contributed by atoms with Crippen LogP contribution < -0.4 is 4.90 Å². The highest BCUT2D eigenvalue weighted by atomic mass is 35.5. The molecular formula is C12H12ClN3OS. The summed E-state index contributed by atoms with van der Waals surface area (Å²) in [4.78, 5) is 21.9. The topological polar surface area (TPSA) is 46.1 Å². The zero-order chi connectivity index (χ0) is 13.0. The lowest BCUT2D eigenvalue weighted by molar-refractivity contribution is 0.101. The number of hydrogen-bond acceptors (Lipinski definition) is 5. The second kappa shape index (κ2) is 5.93. The molecule has 2 aromatic rings. The number of rotatable bonds is 5. The summed E-state index contributed by atoms with van der Waals surface area (Å²) in [6.07, 6.45) is 1.76. The molecule has 0 aliphatic heterocycles. The van der Waals surface area contributed by atoms with E-state index in [-0.39, 0.29) is 11.7 Å². The molecule has 0 radical (unpaired) electrons. The molecule has 0 amide bonds. The highest BCUT2D eigenvalue weighted by Crippen LogP contribution is 2.21. The van der Waals surface area contributed by atoms with Crippen LogP contribution in [0.3, 0.4) is 0 Å². The summed E-state index contributed by atoms with van der Waals surface area (Å²) in [5.74, 6) is -0.182. The van der Waals surface area contributed by atoms with Crippen molar-refractivity contribution in [3.05, 3.63) is 41.2 Å². The zero-order valence-electron chi connectivity index (χ0n) is 9.84. The lowest BCUT2D eigenvalue weighted by Crippen LogP contribution is -2.17. The van der Waals surface area contributed by atoms with Gasteiger partial charge in [0.2, 0.25) is 0 Å². The molecule has 18 heavy (non-hydrogen) atoms. The average molecular weight is 282 g/mol. The van der Waals surface area contributed by atoms with Gasteiger partial charge in [-0.05, 0) is 12.1 Å². The van der Waals surface area contributed by atoms with Gasteiger partial charge in [-0.1, -0.05) is 6.07 Å². The SMILES string of the molecule is CN(Cc1ccccn1)c1nc(C(=O)CCl)cs1. The standard InChI is InChI=1S/C12H12ClN3OS/c1-16(7-9-4-2-3-5-14-9)12-15-10(8-18-12)11(17)6-13/h2-5,8H,6-7H2,1H3. The normalized spacial score (nSPS) is 10.3. The summed E-state index contributed by atoms with van der Waals surface area (Å²) < 4.78 is 0. The smallest absolute Gasteiger partial charge is 0.196 e. The molecule has 0 fully saturated rings. The van der Waals surface area contributed by atoms with Crippen molar-refractivity contribution in [2.45, 2.75) is 6.54 Å². The summed E-state index contributed by atoms with van der Waals surface area (Å²) in [5.41, 5.74) is 1.39. The van der Waals surface area contributed by atoms with Crippen LogP contribution in [0.25, 0.3) is 0 Å². The lowest BCUT2D eigenvalue weighted by Gasteiger charge is -2.14. The second-order valence-electron chi connectivity index (χ2n) is 3.75. The number of aromatic nitrogens is 2. The van der Waals surface area contributed by atoms with Crippen LogP contribution in [0, 0.1) is 0 Å². The fourth-order valence-electron chi connectivity index (χ4n) is 1.44. The third-order valence-corrected chi connectivity index (χ3v) is 3.55. The first-order valence-corrected chi connectivity index (χ1v) is 6.78. The van der Waals surface area contributed by atoms with Gasteiger partial charge in [0.05, 0.1) is 18.1 Å². The molecule has 0 spiro atoms. The van der Waals surface area contributed by atoms with Gasteiger partial charge >= 0.3 is 0 Å². The molecule has 0 unspecified atom stereocenters. The van der Waals surface area contributed by atoms with Crippen LogP contribution in [0.5, 0.6) is 0 Å². The van der Waals surface area contributed by atoms with Gasteiger partial charge in [-0.3, -0.25) is 9.78 Å². The molecule has 0 saturated carbocycles. The first kappa shape index (κ1) is 13.0. The predicted molar refractivity (Wildman–Crippen MR) is 73.5 cm³/mol. The summed E-state index contributed by atoms with van der Waals surface area (Å²) >= 11 is 6.92. The number of carbonyl (C=O) groups excluding carboxylic acids is 1. The van der Waals surface area contributed by atoms with Crippen LogP contribution in [0.2, 0.25) is 0 Å². The van der Waals surface area contributed by atoms with E-state index in [1.165, 1.54) is 11.3 Å². The molecule has 0 saturated heterocycles. The van der Waals surface area contributed by atoms with E-state index in [9.17, 15) is 4.79 Å². The molecule has 2 rings (SSSR count). The van der Waals surface area contributed by atoms with E-state index in [1.807, 2.05) is 30.1 Å². The lowest BCUT2D eigenvalue weighted by atomic mass is 10.3. The Labute approximate surface area is 114 Å². The van der Waals surface area contributed by atoms with Gasteiger partial charge in [0.25, 0.3) is 0 Å². The number of Topliss-reactive ketones (excluding diaryl/α,β-unsaturated/α-hetero) is 1. The number of alkyl halides is 1. The van der Waals surface area contributed by atoms with E-state index in [4.69, 9.17) is 11.6 Å². The minimum atomic E-state index is -0.148. The van der Waals surface area contributed by atoms with E-state index >= 15 is 0 Å². The fraction of sp³-hybridized carbons (Fsp3) is 0.250. The molecule has 0 atom stereocenters. The van der Waals surface area contributed by atoms with Crippen molar-refractivity contribution in [3.8, 4) is 0 Å². The van der Waals surface area contributed by atoms with Crippen molar-refractivity contribution in [1.82, 2.24) is 9.97 Å². The molecule has 6 heteroatoms. The average Bonchev–Trinajstić information content (AvgIpc) is 2.88. The van der Waals surface area contributed by atoms with Crippen molar-refractivity contribution in [1.29, 1.82) is 0 Å². The van der Waals surface area contributed by atoms with Gasteiger partial charge in [-0.25, -0.2) is 4.98 Å². The maximum Gasteiger partial charge on any atom is 0.196 e. The Morgan fingerprint density at radius 3 is 3.00 bits per heavy atom. The molecule has 0 bridgehead atoms. The minimum absolute atomic E-state index is 0.0346. The van der Waals surface area contributed by atoms with Crippen molar-refractivity contribution < 1.29 is 4.79 Å². The monoisotopic (exact) mass is 281 g/mol. The van der Waals surface area contributed by atoms with Crippen LogP contribution in [0.15, 0.2) is 29.8 Å². The molecule has 0 aliphatic rings. The van der Waals surface area contributed by atoms with Gasteiger partial charge in [-0.15, -0.1) is 22.9 Å². The first-order valence-electron chi connectivity index (χ1n) is 5.36. The molecule has 94 valence electrons. The summed E-state index contributed by atoms with van der Waals surface area (Å²) in [7, 11) is 1.92. The van der Waals surface area contributed by atoms with Crippen molar-refractivity contribution in [2.24, 2.45) is 0 Å². The van der Waals surface area contributed by atoms with Crippen LogP contribution >= 0.6 is 22.9 Å². The van der Waals surface area contributed by atoms with Crippen molar-refractivity contribution in [3.63, 3.8) is 0 Å². The number of thiazole rings is 1. The van der Waals surface area contributed by atoms with E-state index in [2.05, 4.69) is 9.97 Å². The number of anilines is 1. The van der Waals surface area contributed by atoms with Gasteiger partial charge in [-0.2, -0.15) is 0 Å². The van der Waals surface area contributed by atoms with Crippen LogP contribution in [0.1, 0.15) is 16.2 Å². The van der Waals surface area contributed by atoms with Crippen molar-refractivity contribution >= 4 is 33.9 Å². The summed E-state index contributed by atoms with van der Waals surface area (Å²) in [5, 5.41) is 2.52. The number of halogens is 1. The van der Waals surface area contributed by atoms with E-state index in [0.717, 1.165) is 10.8 Å². The first-order chi connectivity index (χ1) is 8.70. The third kappa shape index (κ3) is 3.05. The Bertz CT molecular complexity index is 529. The highest BCUT2D eigenvalue weighted by Gasteiger charge is 2.12. The third-order valence-electron chi connectivity index (χ3n) is 2.35. The maximum atomic E-state index is 11.4. The highest BCUT2D eigenvalue weighted by molar-refractivity contribution is 7.13.